The van der Waals surface area contributed by atoms with E-state index >= 15 is 0 Å². The van der Waals surface area contributed by atoms with Crippen LogP contribution in [0.25, 0.3) is 0 Å². The van der Waals surface area contributed by atoms with Crippen LogP contribution in [0.3, 0.4) is 0 Å². The van der Waals surface area contributed by atoms with Crippen molar-refractivity contribution in [3.63, 3.8) is 0 Å². The average Bonchev–Trinajstić information content (AvgIpc) is 2.51. The van der Waals surface area contributed by atoms with E-state index in [0.29, 0.717) is 6.42 Å². The first-order valence-corrected chi connectivity index (χ1v) is 7.09. The molecule has 0 N–H and O–H groups in total. The molecule has 0 bridgehead atoms. The van der Waals surface area contributed by atoms with Gasteiger partial charge in [-0.1, -0.05) is 30.8 Å². The summed E-state index contributed by atoms with van der Waals surface area (Å²) >= 11 is 0. The minimum Gasteiger partial charge on any atom is -0.206 e. The fourth-order valence-corrected chi connectivity index (χ4v) is 1.92. The maximum atomic E-state index is 13.8. The molecule has 0 aliphatic carbocycles. The number of halogens is 6. The zero-order valence-corrected chi connectivity index (χ0v) is 12.9. The Morgan fingerprint density at radius 2 is 1.48 bits per heavy atom. The van der Waals surface area contributed by atoms with Gasteiger partial charge in [-0.3, -0.25) is 0 Å². The van der Waals surface area contributed by atoms with E-state index in [-0.39, 0.29) is 11.1 Å². The van der Waals surface area contributed by atoms with Gasteiger partial charge >= 0.3 is 6.18 Å². The van der Waals surface area contributed by atoms with Gasteiger partial charge in [0, 0.05) is 11.5 Å². The molecule has 128 valence electrons. The smallest absolute Gasteiger partial charge is 0.206 e. The van der Waals surface area contributed by atoms with Crippen LogP contribution in [0.15, 0.2) is 30.3 Å². The van der Waals surface area contributed by atoms with E-state index in [4.69, 9.17) is 0 Å². The minimum atomic E-state index is -4.86. The molecular weight excluding hydrogens is 342 g/mol. The van der Waals surface area contributed by atoms with Gasteiger partial charge in [-0.2, -0.15) is 13.2 Å². The fourth-order valence-electron chi connectivity index (χ4n) is 1.92. The quantitative estimate of drug-likeness (QED) is 0.502. The molecule has 0 heterocycles. The Hall–Kier alpha value is -2.86. The monoisotopic (exact) mass is 352 g/mol. The second-order valence-corrected chi connectivity index (χ2v) is 4.98. The fraction of sp³-hybridized carbons (Fsp3) is 0.158. The molecule has 0 aliphatic heterocycles. The van der Waals surface area contributed by atoms with Crippen molar-refractivity contribution in [2.75, 3.05) is 0 Å². The number of benzene rings is 2. The van der Waals surface area contributed by atoms with E-state index in [1.165, 1.54) is 18.1 Å². The van der Waals surface area contributed by atoms with Crippen molar-refractivity contribution >= 4 is 0 Å². The second kappa shape index (κ2) is 7.36. The molecule has 0 fully saturated rings. The van der Waals surface area contributed by atoms with Gasteiger partial charge in [-0.15, -0.1) is 0 Å². The number of rotatable bonds is 1. The summed E-state index contributed by atoms with van der Waals surface area (Å²) in [6.07, 6.45) is -4.22. The Balaban J connectivity index is 2.36. The van der Waals surface area contributed by atoms with Gasteiger partial charge in [-0.25, -0.2) is 13.2 Å². The summed E-state index contributed by atoms with van der Waals surface area (Å²) in [6.45, 7) is 1.86. The SMILES string of the molecule is CCc1ccc(C#Cc2cc(F)c(C#CC(F)(F)F)c(F)c2)c(F)c1. The third-order valence-electron chi connectivity index (χ3n) is 3.15. The van der Waals surface area contributed by atoms with Crippen LogP contribution in [0.4, 0.5) is 26.3 Å². The molecular formula is C19H10F6. The van der Waals surface area contributed by atoms with Crippen molar-refractivity contribution in [3.8, 4) is 23.7 Å². The topological polar surface area (TPSA) is 0 Å². The van der Waals surface area contributed by atoms with Gasteiger partial charge in [0.2, 0.25) is 0 Å². The Morgan fingerprint density at radius 1 is 0.840 bits per heavy atom. The van der Waals surface area contributed by atoms with E-state index in [0.717, 1.165) is 23.6 Å². The number of hydrogen-bond acceptors (Lipinski definition) is 0. The van der Waals surface area contributed by atoms with Crippen LogP contribution in [-0.4, -0.2) is 6.18 Å². The Labute approximate surface area is 140 Å². The van der Waals surface area contributed by atoms with E-state index in [1.807, 2.05) is 6.92 Å². The molecule has 6 heteroatoms. The van der Waals surface area contributed by atoms with Gasteiger partial charge in [0.25, 0.3) is 0 Å². The highest BCUT2D eigenvalue weighted by atomic mass is 19.4. The Kier molecular flexibility index (Phi) is 5.44. The zero-order chi connectivity index (χ0) is 18.6. The van der Waals surface area contributed by atoms with Crippen molar-refractivity contribution in [3.05, 3.63) is 70.0 Å². The predicted molar refractivity (Wildman–Crippen MR) is 81.0 cm³/mol. The first kappa shape index (κ1) is 18.5. The molecule has 0 saturated carbocycles. The average molecular weight is 352 g/mol. The Bertz CT molecular complexity index is 894. The highest BCUT2D eigenvalue weighted by Crippen LogP contribution is 2.17. The van der Waals surface area contributed by atoms with Gasteiger partial charge < -0.3 is 0 Å². The molecule has 0 aliphatic rings. The lowest BCUT2D eigenvalue weighted by molar-refractivity contribution is -0.0696. The molecule has 2 aromatic rings. The normalized spacial score (nSPS) is 10.5. The summed E-state index contributed by atoms with van der Waals surface area (Å²) < 4.78 is 77.3. The molecule has 25 heavy (non-hydrogen) atoms. The molecule has 0 saturated heterocycles. The van der Waals surface area contributed by atoms with E-state index in [1.54, 1.807) is 6.07 Å². The van der Waals surface area contributed by atoms with E-state index < -0.39 is 29.2 Å². The third kappa shape index (κ3) is 5.06. The van der Waals surface area contributed by atoms with Crippen LogP contribution in [-0.2, 0) is 6.42 Å². The summed E-state index contributed by atoms with van der Waals surface area (Å²) in [5.74, 6) is 3.91. The van der Waals surface area contributed by atoms with E-state index in [9.17, 15) is 26.3 Å². The minimum absolute atomic E-state index is 0.0407. The van der Waals surface area contributed by atoms with Crippen molar-refractivity contribution in [1.82, 2.24) is 0 Å². The molecule has 2 aromatic carbocycles. The first-order valence-electron chi connectivity index (χ1n) is 7.09. The lowest BCUT2D eigenvalue weighted by atomic mass is 10.1. The number of aryl methyl sites for hydroxylation is 1. The van der Waals surface area contributed by atoms with Gasteiger partial charge in [-0.05, 0) is 36.2 Å². The van der Waals surface area contributed by atoms with Gasteiger partial charge in [0.05, 0.1) is 11.1 Å². The number of alkyl halides is 3. The molecule has 0 aromatic heterocycles. The maximum Gasteiger partial charge on any atom is 0.458 e. The summed E-state index contributed by atoms with van der Waals surface area (Å²) in [5.41, 5.74) is -0.334. The van der Waals surface area contributed by atoms with Crippen molar-refractivity contribution in [2.24, 2.45) is 0 Å². The molecule has 0 spiro atoms. The summed E-state index contributed by atoms with van der Waals surface area (Å²) in [6, 6.07) is 5.91. The Morgan fingerprint density at radius 3 is 2.00 bits per heavy atom. The second-order valence-electron chi connectivity index (χ2n) is 4.98. The summed E-state index contributed by atoms with van der Waals surface area (Å²) in [7, 11) is 0. The number of hydrogen-bond donors (Lipinski definition) is 0. The summed E-state index contributed by atoms with van der Waals surface area (Å²) in [5, 5.41) is 0. The first-order chi connectivity index (χ1) is 11.7. The lowest BCUT2D eigenvalue weighted by Crippen LogP contribution is -2.02. The molecule has 0 atom stereocenters. The lowest BCUT2D eigenvalue weighted by Gasteiger charge is -2.00. The van der Waals surface area contributed by atoms with Gasteiger partial charge in [0.15, 0.2) is 0 Å². The molecule has 0 amide bonds. The maximum absolute atomic E-state index is 13.8. The highest BCUT2D eigenvalue weighted by Gasteiger charge is 2.23. The van der Waals surface area contributed by atoms with Crippen LogP contribution in [0, 0.1) is 41.1 Å². The van der Waals surface area contributed by atoms with Crippen molar-refractivity contribution in [2.45, 2.75) is 19.5 Å². The highest BCUT2D eigenvalue weighted by molar-refractivity contribution is 5.48. The van der Waals surface area contributed by atoms with Gasteiger partial charge in [0.1, 0.15) is 17.5 Å². The molecule has 0 radical (unpaired) electrons. The van der Waals surface area contributed by atoms with Crippen LogP contribution in [0.5, 0.6) is 0 Å². The molecule has 0 nitrogen and oxygen atoms in total. The standard InChI is InChI=1S/C19H10F6/c1-2-12-3-5-14(16(20)9-12)6-4-13-10-17(21)15(18(22)11-13)7-8-19(23,24)25/h3,5,9-11H,2H2,1H3. The zero-order valence-electron chi connectivity index (χ0n) is 12.9. The predicted octanol–water partition coefficient (Wildman–Crippen LogP) is 4.98. The molecule has 0 unspecified atom stereocenters. The van der Waals surface area contributed by atoms with Crippen LogP contribution >= 0.6 is 0 Å². The van der Waals surface area contributed by atoms with Crippen molar-refractivity contribution < 1.29 is 26.3 Å². The molecule has 2 rings (SSSR count). The summed E-state index contributed by atoms with van der Waals surface area (Å²) in [4.78, 5) is 0. The van der Waals surface area contributed by atoms with Crippen LogP contribution in [0.2, 0.25) is 0 Å². The van der Waals surface area contributed by atoms with Crippen LogP contribution in [0.1, 0.15) is 29.2 Å². The third-order valence-corrected chi connectivity index (χ3v) is 3.15. The van der Waals surface area contributed by atoms with Crippen LogP contribution < -0.4 is 0 Å². The van der Waals surface area contributed by atoms with E-state index in [2.05, 4.69) is 11.8 Å². The largest absolute Gasteiger partial charge is 0.458 e. The van der Waals surface area contributed by atoms with Crippen molar-refractivity contribution in [1.29, 1.82) is 0 Å².